The van der Waals surface area contributed by atoms with Gasteiger partial charge in [-0.2, -0.15) is 0 Å². The van der Waals surface area contributed by atoms with Crippen molar-refractivity contribution in [1.29, 1.82) is 0 Å². The summed E-state index contributed by atoms with van der Waals surface area (Å²) in [6, 6.07) is 4.77. The minimum Gasteiger partial charge on any atom is -0.324 e. The van der Waals surface area contributed by atoms with Crippen LogP contribution in [0.2, 0.25) is 0 Å². The van der Waals surface area contributed by atoms with E-state index >= 15 is 0 Å². The van der Waals surface area contributed by atoms with Crippen LogP contribution in [-0.4, -0.2) is 43.2 Å². The van der Waals surface area contributed by atoms with Gasteiger partial charge in [0.25, 0.3) is 5.91 Å². The molecule has 0 unspecified atom stereocenters. The molecule has 27 heavy (non-hydrogen) atoms. The maximum absolute atomic E-state index is 12.6. The molecule has 4 N–H and O–H groups in total. The largest absolute Gasteiger partial charge is 0.325 e. The number of amides is 4. The lowest BCUT2D eigenvalue weighted by atomic mass is 9.92. The Morgan fingerprint density at radius 1 is 1.33 bits per heavy atom. The summed E-state index contributed by atoms with van der Waals surface area (Å²) in [6.45, 7) is 5.21. The summed E-state index contributed by atoms with van der Waals surface area (Å²) >= 11 is 0. The molecule has 1 aliphatic rings. The van der Waals surface area contributed by atoms with Crippen LogP contribution in [0.3, 0.4) is 0 Å². The summed E-state index contributed by atoms with van der Waals surface area (Å²) in [5.74, 6) is -0.713. The summed E-state index contributed by atoms with van der Waals surface area (Å²) in [7, 11) is -3.91. The monoisotopic (exact) mass is 396 g/mol. The minimum absolute atomic E-state index is 0.156. The van der Waals surface area contributed by atoms with E-state index in [1.165, 1.54) is 24.3 Å². The molecule has 1 aromatic carbocycles. The van der Waals surface area contributed by atoms with Gasteiger partial charge < -0.3 is 10.6 Å². The van der Waals surface area contributed by atoms with Crippen LogP contribution in [0.25, 0.3) is 0 Å². The Bertz CT molecular complexity index is 868. The van der Waals surface area contributed by atoms with Crippen molar-refractivity contribution in [2.45, 2.75) is 44.0 Å². The van der Waals surface area contributed by atoms with E-state index in [2.05, 4.69) is 10.6 Å². The first-order valence-corrected chi connectivity index (χ1v) is 10.0. The van der Waals surface area contributed by atoms with Gasteiger partial charge in [-0.05, 0) is 43.9 Å². The summed E-state index contributed by atoms with van der Waals surface area (Å²) in [5, 5.41) is 10.2. The lowest BCUT2D eigenvalue weighted by Crippen LogP contribution is -2.44. The van der Waals surface area contributed by atoms with Gasteiger partial charge in [0.1, 0.15) is 12.1 Å². The van der Waals surface area contributed by atoms with Crippen LogP contribution in [0.4, 0.5) is 10.5 Å². The van der Waals surface area contributed by atoms with Crippen LogP contribution in [0.15, 0.2) is 29.2 Å². The fraction of sp³-hybridized carbons (Fsp3) is 0.471. The van der Waals surface area contributed by atoms with E-state index in [1.54, 1.807) is 6.92 Å². The Balaban J connectivity index is 2.06. The molecule has 0 aromatic heterocycles. The molecule has 0 bridgehead atoms. The molecule has 1 fully saturated rings. The second-order valence-corrected chi connectivity index (χ2v) is 8.77. The Kier molecular flexibility index (Phi) is 5.91. The van der Waals surface area contributed by atoms with Crippen molar-refractivity contribution in [3.05, 3.63) is 24.3 Å². The zero-order valence-electron chi connectivity index (χ0n) is 15.5. The van der Waals surface area contributed by atoms with Crippen LogP contribution in [-0.2, 0) is 19.6 Å². The number of imide groups is 1. The molecule has 10 heteroatoms. The summed E-state index contributed by atoms with van der Waals surface area (Å²) in [4.78, 5) is 37.7. The number of primary sulfonamides is 1. The number of nitrogens with one attached hydrogen (secondary N) is 2. The van der Waals surface area contributed by atoms with E-state index in [-0.39, 0.29) is 10.6 Å². The van der Waals surface area contributed by atoms with Crippen LogP contribution in [0.1, 0.15) is 33.6 Å². The van der Waals surface area contributed by atoms with Gasteiger partial charge in [0, 0.05) is 5.69 Å². The fourth-order valence-corrected chi connectivity index (χ4v) is 3.29. The van der Waals surface area contributed by atoms with Gasteiger partial charge >= 0.3 is 6.03 Å². The lowest BCUT2D eigenvalue weighted by molar-refractivity contribution is -0.133. The van der Waals surface area contributed by atoms with E-state index in [0.717, 1.165) is 11.3 Å². The molecule has 1 heterocycles. The normalized spacial score (nSPS) is 20.1. The van der Waals surface area contributed by atoms with Crippen LogP contribution in [0, 0.1) is 5.92 Å². The molecule has 9 nitrogen and oxygen atoms in total. The quantitative estimate of drug-likeness (QED) is 0.591. The molecule has 0 radical (unpaired) electrons. The first kappa shape index (κ1) is 20.8. The Morgan fingerprint density at radius 2 is 2.00 bits per heavy atom. The first-order chi connectivity index (χ1) is 12.4. The van der Waals surface area contributed by atoms with Crippen molar-refractivity contribution in [1.82, 2.24) is 10.2 Å². The predicted molar refractivity (Wildman–Crippen MR) is 99.2 cm³/mol. The summed E-state index contributed by atoms with van der Waals surface area (Å²) < 4.78 is 22.8. The van der Waals surface area contributed by atoms with Gasteiger partial charge in [-0.25, -0.2) is 18.4 Å². The Hall–Kier alpha value is -2.46. The number of hydrogen-bond donors (Lipinski definition) is 3. The molecule has 1 saturated heterocycles. The number of anilines is 1. The standard InChI is InChI=1S/C17H24N4O5S/c1-11(2)7-8-17(3)15(23)21(16(24)20-17)10-14(22)19-12-5-4-6-13(9-12)27(18,25)26/h4-6,9,11H,7-8,10H2,1-3H3,(H,19,22)(H,20,24)(H2,18,25,26)/t17-/m1/s1. The van der Waals surface area contributed by atoms with Crippen molar-refractivity contribution in [2.24, 2.45) is 11.1 Å². The molecule has 1 aliphatic heterocycles. The second-order valence-electron chi connectivity index (χ2n) is 7.21. The van der Waals surface area contributed by atoms with Gasteiger partial charge in [-0.1, -0.05) is 19.9 Å². The number of sulfonamides is 1. The zero-order valence-corrected chi connectivity index (χ0v) is 16.3. The van der Waals surface area contributed by atoms with Crippen molar-refractivity contribution in [3.63, 3.8) is 0 Å². The summed E-state index contributed by atoms with van der Waals surface area (Å²) in [6.07, 6.45) is 1.23. The molecular formula is C17H24N4O5S. The molecule has 4 amide bonds. The number of rotatable bonds is 7. The lowest BCUT2D eigenvalue weighted by Gasteiger charge is -2.22. The molecule has 148 valence electrons. The van der Waals surface area contributed by atoms with E-state index in [1.807, 2.05) is 13.8 Å². The maximum atomic E-state index is 12.6. The number of urea groups is 1. The zero-order chi connectivity index (χ0) is 20.4. The van der Waals surface area contributed by atoms with Crippen LogP contribution in [0.5, 0.6) is 0 Å². The Labute approximate surface area is 158 Å². The highest BCUT2D eigenvalue weighted by molar-refractivity contribution is 7.89. The van der Waals surface area contributed by atoms with Crippen molar-refractivity contribution in [3.8, 4) is 0 Å². The van der Waals surface area contributed by atoms with E-state index in [4.69, 9.17) is 5.14 Å². The Morgan fingerprint density at radius 3 is 2.59 bits per heavy atom. The third-order valence-corrected chi connectivity index (χ3v) is 5.23. The highest BCUT2D eigenvalue weighted by atomic mass is 32.2. The van der Waals surface area contributed by atoms with Crippen molar-refractivity contribution >= 4 is 33.6 Å². The van der Waals surface area contributed by atoms with Crippen molar-refractivity contribution in [2.75, 3.05) is 11.9 Å². The minimum atomic E-state index is -3.91. The first-order valence-electron chi connectivity index (χ1n) is 8.49. The number of hydrogen-bond acceptors (Lipinski definition) is 5. The van der Waals surface area contributed by atoms with Gasteiger partial charge in [-0.15, -0.1) is 0 Å². The molecular weight excluding hydrogens is 372 g/mol. The third kappa shape index (κ3) is 5.04. The van der Waals surface area contributed by atoms with E-state index < -0.39 is 40.0 Å². The molecule has 1 atom stereocenters. The molecule has 0 aliphatic carbocycles. The third-order valence-electron chi connectivity index (χ3n) is 4.31. The van der Waals surface area contributed by atoms with Gasteiger partial charge in [0.15, 0.2) is 0 Å². The molecule has 0 spiro atoms. The highest BCUT2D eigenvalue weighted by Gasteiger charge is 2.47. The molecule has 0 saturated carbocycles. The topological polar surface area (TPSA) is 139 Å². The SMILES string of the molecule is CC(C)CC[C@@]1(C)NC(=O)N(CC(=O)Nc2cccc(S(N)(=O)=O)c2)C1=O. The second kappa shape index (κ2) is 7.65. The van der Waals surface area contributed by atoms with Crippen LogP contribution < -0.4 is 15.8 Å². The number of nitrogens with two attached hydrogens (primary N) is 1. The van der Waals surface area contributed by atoms with E-state index in [0.29, 0.717) is 12.3 Å². The molecule has 1 aromatic rings. The molecule has 2 rings (SSSR count). The number of nitrogens with zero attached hydrogens (tertiary/aromatic N) is 1. The van der Waals surface area contributed by atoms with Gasteiger partial charge in [-0.3, -0.25) is 14.5 Å². The maximum Gasteiger partial charge on any atom is 0.325 e. The van der Waals surface area contributed by atoms with Gasteiger partial charge in [0.05, 0.1) is 4.90 Å². The number of carbonyl (C=O) groups excluding carboxylic acids is 3. The number of benzene rings is 1. The number of carbonyl (C=O) groups is 3. The average Bonchev–Trinajstić information content (AvgIpc) is 2.76. The van der Waals surface area contributed by atoms with E-state index in [9.17, 15) is 22.8 Å². The highest BCUT2D eigenvalue weighted by Crippen LogP contribution is 2.24. The predicted octanol–water partition coefficient (Wildman–Crippen LogP) is 1.02. The van der Waals surface area contributed by atoms with Gasteiger partial charge in [0.2, 0.25) is 15.9 Å². The smallest absolute Gasteiger partial charge is 0.324 e. The average molecular weight is 396 g/mol. The van der Waals surface area contributed by atoms with Crippen LogP contribution >= 0.6 is 0 Å². The summed E-state index contributed by atoms with van der Waals surface area (Å²) in [5.41, 5.74) is -0.837. The van der Waals surface area contributed by atoms with Crippen molar-refractivity contribution < 1.29 is 22.8 Å². The fourth-order valence-electron chi connectivity index (χ4n) is 2.73.